The molecule has 0 bridgehead atoms. The lowest BCUT2D eigenvalue weighted by atomic mass is 9.87. The number of fused-ring (bicyclic) bond motifs is 1. The fourth-order valence-corrected chi connectivity index (χ4v) is 4.13. The number of rotatable bonds is 1. The average Bonchev–Trinajstić information content (AvgIpc) is 2.90. The average molecular weight is 364 g/mol. The summed E-state index contributed by atoms with van der Waals surface area (Å²) in [4.78, 5) is 36.7. The third-order valence-electron chi connectivity index (χ3n) is 5.82. The van der Waals surface area contributed by atoms with Gasteiger partial charge in [0.2, 0.25) is 0 Å². The van der Waals surface area contributed by atoms with E-state index >= 15 is 0 Å². The molecule has 3 heterocycles. The highest BCUT2D eigenvalue weighted by Gasteiger charge is 2.45. The molecule has 1 fully saturated rings. The topological polar surface area (TPSA) is 74.7 Å². The van der Waals surface area contributed by atoms with Crippen LogP contribution in [0.2, 0.25) is 0 Å². The van der Waals surface area contributed by atoms with E-state index in [-0.39, 0.29) is 11.8 Å². The van der Waals surface area contributed by atoms with E-state index in [0.29, 0.717) is 31.8 Å². The number of hydrogen-bond donors (Lipinski definition) is 1. The highest BCUT2D eigenvalue weighted by Crippen LogP contribution is 2.32. The lowest BCUT2D eigenvalue weighted by Crippen LogP contribution is -2.50. The van der Waals surface area contributed by atoms with Crippen molar-refractivity contribution in [2.24, 2.45) is 4.99 Å². The number of nitrogens with zero attached hydrogens (tertiary/aromatic N) is 3. The van der Waals surface area contributed by atoms with Crippen molar-refractivity contribution in [3.05, 3.63) is 40.6 Å². The van der Waals surface area contributed by atoms with Gasteiger partial charge in [0.1, 0.15) is 11.4 Å². The van der Waals surface area contributed by atoms with Gasteiger partial charge in [0.05, 0.1) is 11.1 Å². The zero-order chi connectivity index (χ0) is 19.3. The van der Waals surface area contributed by atoms with Gasteiger partial charge in [-0.2, -0.15) is 0 Å². The van der Waals surface area contributed by atoms with Gasteiger partial charge in [0, 0.05) is 24.2 Å². The number of benzene rings is 1. The lowest BCUT2D eigenvalue weighted by Gasteiger charge is -2.36. The SMILES string of the molecule is CC1=NC2(CCN(C(=O)c3c(C)c(C)nc4ccc(C)cc34)CC2)C(=O)N1. The van der Waals surface area contributed by atoms with Crippen molar-refractivity contribution in [2.75, 3.05) is 13.1 Å². The molecule has 27 heavy (non-hydrogen) atoms. The first-order valence-electron chi connectivity index (χ1n) is 9.35. The maximum atomic E-state index is 13.4. The molecule has 1 saturated heterocycles. The first-order valence-corrected chi connectivity index (χ1v) is 9.35. The van der Waals surface area contributed by atoms with Crippen LogP contribution in [-0.4, -0.2) is 46.2 Å². The number of aliphatic imine (C=N–C) groups is 1. The molecule has 4 rings (SSSR count). The van der Waals surface area contributed by atoms with Gasteiger partial charge in [-0.1, -0.05) is 11.6 Å². The summed E-state index contributed by atoms with van der Waals surface area (Å²) in [6.07, 6.45) is 1.12. The van der Waals surface area contributed by atoms with Crippen LogP contribution in [0.25, 0.3) is 10.9 Å². The Bertz CT molecular complexity index is 1000. The largest absolute Gasteiger partial charge is 0.338 e. The van der Waals surface area contributed by atoms with Crippen LogP contribution in [0.5, 0.6) is 0 Å². The van der Waals surface area contributed by atoms with E-state index in [1.165, 1.54) is 0 Å². The van der Waals surface area contributed by atoms with Gasteiger partial charge in [-0.3, -0.25) is 19.6 Å². The van der Waals surface area contributed by atoms with E-state index in [2.05, 4.69) is 15.3 Å². The Morgan fingerprint density at radius 2 is 1.85 bits per heavy atom. The Kier molecular flexibility index (Phi) is 4.02. The second kappa shape index (κ2) is 6.15. The minimum atomic E-state index is -0.692. The molecular weight excluding hydrogens is 340 g/mol. The summed E-state index contributed by atoms with van der Waals surface area (Å²) in [6, 6.07) is 6.02. The number of hydrogen-bond acceptors (Lipinski definition) is 4. The van der Waals surface area contributed by atoms with Crippen LogP contribution in [0.15, 0.2) is 23.2 Å². The van der Waals surface area contributed by atoms with E-state index in [4.69, 9.17) is 0 Å². The molecule has 2 aliphatic heterocycles. The van der Waals surface area contributed by atoms with Crippen LogP contribution >= 0.6 is 0 Å². The highest BCUT2D eigenvalue weighted by atomic mass is 16.2. The zero-order valence-electron chi connectivity index (χ0n) is 16.2. The highest BCUT2D eigenvalue weighted by molar-refractivity contribution is 6.09. The second-order valence-corrected chi connectivity index (χ2v) is 7.69. The van der Waals surface area contributed by atoms with Gasteiger partial charge in [0.15, 0.2) is 0 Å². The Balaban J connectivity index is 1.68. The number of aromatic nitrogens is 1. The summed E-state index contributed by atoms with van der Waals surface area (Å²) >= 11 is 0. The second-order valence-electron chi connectivity index (χ2n) is 7.69. The van der Waals surface area contributed by atoms with Gasteiger partial charge in [-0.15, -0.1) is 0 Å². The monoisotopic (exact) mass is 364 g/mol. The summed E-state index contributed by atoms with van der Waals surface area (Å²) in [6.45, 7) is 8.78. The number of piperidine rings is 1. The molecule has 6 nitrogen and oxygen atoms in total. The van der Waals surface area contributed by atoms with Crippen LogP contribution < -0.4 is 5.32 Å². The van der Waals surface area contributed by atoms with Crippen molar-refractivity contribution in [2.45, 2.75) is 46.1 Å². The predicted molar refractivity (Wildman–Crippen MR) is 105 cm³/mol. The smallest absolute Gasteiger partial charge is 0.254 e. The van der Waals surface area contributed by atoms with Crippen molar-refractivity contribution in [1.29, 1.82) is 0 Å². The van der Waals surface area contributed by atoms with Crippen LogP contribution in [-0.2, 0) is 4.79 Å². The number of carbonyl (C=O) groups excluding carboxylic acids is 2. The molecule has 6 heteroatoms. The Morgan fingerprint density at radius 3 is 2.48 bits per heavy atom. The standard InChI is InChI=1S/C21H24N4O2/c1-12-5-6-17-16(11-12)18(13(2)14(3)22-17)19(26)25-9-7-21(8-10-25)20(27)23-15(4)24-21/h5-6,11H,7-10H2,1-4H3,(H,23,24,27). The molecule has 140 valence electrons. The minimum Gasteiger partial charge on any atom is -0.338 e. The summed E-state index contributed by atoms with van der Waals surface area (Å²) in [5, 5.41) is 3.70. The maximum Gasteiger partial charge on any atom is 0.254 e. The number of aryl methyl sites for hydroxylation is 2. The molecule has 0 atom stereocenters. The normalized spacial score (nSPS) is 18.7. The van der Waals surface area contributed by atoms with Gasteiger partial charge in [-0.25, -0.2) is 0 Å². The van der Waals surface area contributed by atoms with Crippen molar-refractivity contribution in [3.63, 3.8) is 0 Å². The molecule has 2 aromatic rings. The molecular formula is C21H24N4O2. The molecule has 1 aromatic heterocycles. The molecule has 1 aromatic carbocycles. The first-order chi connectivity index (χ1) is 12.8. The van der Waals surface area contributed by atoms with Crippen LogP contribution in [0.3, 0.4) is 0 Å². The van der Waals surface area contributed by atoms with E-state index < -0.39 is 5.54 Å². The number of pyridine rings is 1. The zero-order valence-corrected chi connectivity index (χ0v) is 16.2. The molecule has 1 N–H and O–H groups in total. The number of amides is 2. The fourth-order valence-electron chi connectivity index (χ4n) is 4.13. The molecule has 2 aliphatic rings. The maximum absolute atomic E-state index is 13.4. The van der Waals surface area contributed by atoms with Gasteiger partial charge in [-0.05, 0) is 58.2 Å². The number of likely N-dealkylation sites (tertiary alicyclic amines) is 1. The third kappa shape index (κ3) is 2.80. The van der Waals surface area contributed by atoms with Crippen LogP contribution in [0.4, 0.5) is 0 Å². The van der Waals surface area contributed by atoms with Crippen LogP contribution in [0, 0.1) is 20.8 Å². The Morgan fingerprint density at radius 1 is 1.15 bits per heavy atom. The Labute approximate surface area is 158 Å². The van der Waals surface area contributed by atoms with E-state index in [0.717, 1.165) is 33.3 Å². The molecule has 0 unspecified atom stereocenters. The van der Waals surface area contributed by atoms with Crippen molar-refractivity contribution < 1.29 is 9.59 Å². The van der Waals surface area contributed by atoms with E-state index in [9.17, 15) is 9.59 Å². The third-order valence-corrected chi connectivity index (χ3v) is 5.82. The Hall–Kier alpha value is -2.76. The van der Waals surface area contributed by atoms with Gasteiger partial charge < -0.3 is 10.2 Å². The summed E-state index contributed by atoms with van der Waals surface area (Å²) in [7, 11) is 0. The van der Waals surface area contributed by atoms with E-state index in [1.807, 2.05) is 50.8 Å². The summed E-state index contributed by atoms with van der Waals surface area (Å²) < 4.78 is 0. The number of amidine groups is 1. The molecule has 0 saturated carbocycles. The summed E-state index contributed by atoms with van der Waals surface area (Å²) in [5.41, 5.74) is 3.78. The molecule has 2 amide bonds. The summed E-state index contributed by atoms with van der Waals surface area (Å²) in [5.74, 6) is 0.647. The van der Waals surface area contributed by atoms with Crippen LogP contribution in [0.1, 0.15) is 46.9 Å². The predicted octanol–water partition coefficient (Wildman–Crippen LogP) is 2.68. The quantitative estimate of drug-likeness (QED) is 0.845. The van der Waals surface area contributed by atoms with Crippen molar-refractivity contribution in [1.82, 2.24) is 15.2 Å². The molecule has 0 radical (unpaired) electrons. The lowest BCUT2D eigenvalue weighted by molar-refractivity contribution is -0.125. The number of nitrogens with one attached hydrogen (secondary N) is 1. The van der Waals surface area contributed by atoms with Gasteiger partial charge in [0.25, 0.3) is 11.8 Å². The van der Waals surface area contributed by atoms with Crippen molar-refractivity contribution >= 4 is 28.6 Å². The molecule has 0 aliphatic carbocycles. The molecule has 1 spiro atoms. The number of carbonyl (C=O) groups is 2. The minimum absolute atomic E-state index is 0.0163. The van der Waals surface area contributed by atoms with E-state index in [1.54, 1.807) is 0 Å². The first kappa shape index (κ1) is 17.6. The fraction of sp³-hybridized carbons (Fsp3) is 0.429. The van der Waals surface area contributed by atoms with Crippen molar-refractivity contribution in [3.8, 4) is 0 Å². The van der Waals surface area contributed by atoms with Gasteiger partial charge >= 0.3 is 0 Å².